The number of alkyl halides is 1. The Kier molecular flexibility index (Phi) is 5.90. The zero-order valence-corrected chi connectivity index (χ0v) is 11.4. The fourth-order valence-corrected chi connectivity index (χ4v) is 2.18. The second-order valence-corrected chi connectivity index (χ2v) is 5.48. The molecule has 1 unspecified atom stereocenters. The monoisotopic (exact) mass is 238 g/mol. The molecule has 1 atom stereocenters. The van der Waals surface area contributed by atoms with Crippen molar-refractivity contribution in [2.45, 2.75) is 51.8 Å². The molecule has 0 spiro atoms. The van der Waals surface area contributed by atoms with Gasteiger partial charge in [0.15, 0.2) is 0 Å². The maximum atomic E-state index is 6.34. The van der Waals surface area contributed by atoms with Crippen LogP contribution in [0.3, 0.4) is 0 Å². The zero-order chi connectivity index (χ0) is 12.0. The molecule has 0 amide bonds. The molecule has 1 rings (SSSR count). The molecule has 0 aliphatic carbocycles. The molecule has 1 heteroatoms. The zero-order valence-electron chi connectivity index (χ0n) is 10.7. The van der Waals surface area contributed by atoms with E-state index in [1.807, 2.05) is 0 Å². The summed E-state index contributed by atoms with van der Waals surface area (Å²) in [6.45, 7) is 6.70. The van der Waals surface area contributed by atoms with Crippen molar-refractivity contribution < 1.29 is 0 Å². The first-order valence-corrected chi connectivity index (χ1v) is 6.80. The van der Waals surface area contributed by atoms with Gasteiger partial charge in [0.05, 0.1) is 5.38 Å². The Morgan fingerprint density at radius 2 is 1.75 bits per heavy atom. The maximum absolute atomic E-state index is 6.34. The molecule has 16 heavy (non-hydrogen) atoms. The summed E-state index contributed by atoms with van der Waals surface area (Å²) in [5.41, 5.74) is 2.68. The summed E-state index contributed by atoms with van der Waals surface area (Å²) >= 11 is 6.34. The normalized spacial score (nSPS) is 13.1. The van der Waals surface area contributed by atoms with E-state index in [0.717, 1.165) is 18.8 Å². The molecule has 0 radical (unpaired) electrons. The minimum absolute atomic E-state index is 0.188. The molecular weight excluding hydrogens is 216 g/mol. The lowest BCUT2D eigenvalue weighted by atomic mass is 10.00. The minimum Gasteiger partial charge on any atom is -0.118 e. The molecule has 1 aromatic rings. The third-order valence-corrected chi connectivity index (χ3v) is 3.27. The fraction of sp³-hybridized carbons (Fsp3) is 0.600. The van der Waals surface area contributed by atoms with Crippen LogP contribution in [-0.2, 0) is 6.42 Å². The summed E-state index contributed by atoms with van der Waals surface area (Å²) in [4.78, 5) is 0. The highest BCUT2D eigenvalue weighted by Gasteiger charge is 2.07. The van der Waals surface area contributed by atoms with Crippen LogP contribution in [-0.4, -0.2) is 0 Å². The Balaban J connectivity index is 2.56. The van der Waals surface area contributed by atoms with Gasteiger partial charge in [0.2, 0.25) is 0 Å². The van der Waals surface area contributed by atoms with Crippen LogP contribution in [0.5, 0.6) is 0 Å². The Morgan fingerprint density at radius 1 is 1.12 bits per heavy atom. The molecule has 0 N–H and O–H groups in total. The first kappa shape index (κ1) is 13.6. The van der Waals surface area contributed by atoms with Crippen molar-refractivity contribution >= 4 is 11.6 Å². The van der Waals surface area contributed by atoms with E-state index in [4.69, 9.17) is 11.6 Å². The highest BCUT2D eigenvalue weighted by atomic mass is 35.5. The molecule has 0 nitrogen and oxygen atoms in total. The topological polar surface area (TPSA) is 0 Å². The van der Waals surface area contributed by atoms with Crippen molar-refractivity contribution in [2.75, 3.05) is 0 Å². The first-order chi connectivity index (χ1) is 7.63. The lowest BCUT2D eigenvalue weighted by Gasteiger charge is -2.10. The van der Waals surface area contributed by atoms with Crippen molar-refractivity contribution in [1.82, 2.24) is 0 Å². The predicted molar refractivity (Wildman–Crippen MR) is 73.1 cm³/mol. The lowest BCUT2D eigenvalue weighted by Crippen LogP contribution is -1.95. The summed E-state index contributed by atoms with van der Waals surface area (Å²) in [5, 5.41) is 0.188. The van der Waals surface area contributed by atoms with Crippen LogP contribution in [0.1, 0.15) is 56.5 Å². The van der Waals surface area contributed by atoms with Crippen LogP contribution in [0.4, 0.5) is 0 Å². The molecule has 0 aromatic heterocycles. The van der Waals surface area contributed by atoms with Crippen LogP contribution in [0.2, 0.25) is 0 Å². The van der Waals surface area contributed by atoms with Crippen molar-refractivity contribution in [3.05, 3.63) is 35.4 Å². The molecule has 0 fully saturated rings. The Hall–Kier alpha value is -0.490. The number of halogens is 1. The van der Waals surface area contributed by atoms with Gasteiger partial charge in [0.1, 0.15) is 0 Å². The van der Waals surface area contributed by atoms with E-state index in [0.29, 0.717) is 0 Å². The molecule has 0 aliphatic rings. The average Bonchev–Trinajstić information content (AvgIpc) is 2.26. The highest BCUT2D eigenvalue weighted by molar-refractivity contribution is 6.20. The van der Waals surface area contributed by atoms with Crippen molar-refractivity contribution in [3.63, 3.8) is 0 Å². The predicted octanol–water partition coefficient (Wildman–Crippen LogP) is 5.36. The van der Waals surface area contributed by atoms with Crippen LogP contribution in [0, 0.1) is 5.92 Å². The lowest BCUT2D eigenvalue weighted by molar-refractivity contribution is 0.646. The molecule has 0 saturated carbocycles. The van der Waals surface area contributed by atoms with E-state index in [1.165, 1.54) is 24.0 Å². The quantitative estimate of drug-likeness (QED) is 0.586. The van der Waals surface area contributed by atoms with Gasteiger partial charge in [-0.15, -0.1) is 11.6 Å². The number of rotatable bonds is 6. The molecule has 0 saturated heterocycles. The Morgan fingerprint density at radius 3 is 2.25 bits per heavy atom. The third-order valence-electron chi connectivity index (χ3n) is 2.80. The largest absolute Gasteiger partial charge is 0.118 e. The second-order valence-electron chi connectivity index (χ2n) is 4.95. The van der Waals surface area contributed by atoms with E-state index in [1.54, 1.807) is 0 Å². The van der Waals surface area contributed by atoms with Gasteiger partial charge in [-0.3, -0.25) is 0 Å². The fourth-order valence-electron chi connectivity index (χ4n) is 1.88. The number of hydrogen-bond acceptors (Lipinski definition) is 0. The minimum atomic E-state index is 0.188. The van der Waals surface area contributed by atoms with Crippen LogP contribution >= 0.6 is 11.6 Å². The van der Waals surface area contributed by atoms with Crippen molar-refractivity contribution in [3.8, 4) is 0 Å². The van der Waals surface area contributed by atoms with Gasteiger partial charge in [-0.1, -0.05) is 57.9 Å². The number of hydrogen-bond donors (Lipinski definition) is 0. The maximum Gasteiger partial charge on any atom is 0.0585 e. The van der Waals surface area contributed by atoms with Gasteiger partial charge in [-0.25, -0.2) is 0 Å². The van der Waals surface area contributed by atoms with Crippen LogP contribution in [0.15, 0.2) is 24.3 Å². The Bertz CT molecular complexity index is 287. The standard InChI is InChI=1S/C15H23Cl/c1-4-5-6-15(16)14-9-7-13(8-10-14)11-12(2)3/h7-10,12,15H,4-6,11H2,1-3H3. The van der Waals surface area contributed by atoms with Crippen LogP contribution < -0.4 is 0 Å². The van der Waals surface area contributed by atoms with Gasteiger partial charge in [0, 0.05) is 0 Å². The van der Waals surface area contributed by atoms with Crippen molar-refractivity contribution in [1.29, 1.82) is 0 Å². The second kappa shape index (κ2) is 6.96. The van der Waals surface area contributed by atoms with Gasteiger partial charge in [0.25, 0.3) is 0 Å². The third kappa shape index (κ3) is 4.57. The summed E-state index contributed by atoms with van der Waals surface area (Å²) in [7, 11) is 0. The summed E-state index contributed by atoms with van der Waals surface area (Å²) < 4.78 is 0. The summed E-state index contributed by atoms with van der Waals surface area (Å²) in [6.07, 6.45) is 4.67. The van der Waals surface area contributed by atoms with E-state index in [-0.39, 0.29) is 5.38 Å². The molecule has 90 valence electrons. The molecule has 1 aromatic carbocycles. The molecule has 0 heterocycles. The SMILES string of the molecule is CCCCC(Cl)c1ccc(CC(C)C)cc1. The van der Waals surface area contributed by atoms with E-state index >= 15 is 0 Å². The first-order valence-electron chi connectivity index (χ1n) is 6.36. The van der Waals surface area contributed by atoms with Gasteiger partial charge in [-0.2, -0.15) is 0 Å². The van der Waals surface area contributed by atoms with E-state index < -0.39 is 0 Å². The van der Waals surface area contributed by atoms with E-state index in [9.17, 15) is 0 Å². The van der Waals surface area contributed by atoms with Gasteiger partial charge < -0.3 is 0 Å². The molecule has 0 bridgehead atoms. The number of benzene rings is 1. The smallest absolute Gasteiger partial charge is 0.0585 e. The van der Waals surface area contributed by atoms with Crippen molar-refractivity contribution in [2.24, 2.45) is 5.92 Å². The van der Waals surface area contributed by atoms with Gasteiger partial charge in [-0.05, 0) is 29.9 Å². The average molecular weight is 239 g/mol. The number of unbranched alkanes of at least 4 members (excludes halogenated alkanes) is 1. The Labute approximate surface area is 105 Å². The highest BCUT2D eigenvalue weighted by Crippen LogP contribution is 2.26. The van der Waals surface area contributed by atoms with Gasteiger partial charge >= 0.3 is 0 Å². The summed E-state index contributed by atoms with van der Waals surface area (Å²) in [5.74, 6) is 0.720. The summed E-state index contributed by atoms with van der Waals surface area (Å²) in [6, 6.07) is 8.81. The van der Waals surface area contributed by atoms with Crippen LogP contribution in [0.25, 0.3) is 0 Å². The molecular formula is C15H23Cl. The van der Waals surface area contributed by atoms with E-state index in [2.05, 4.69) is 45.0 Å². The molecule has 0 aliphatic heterocycles.